The van der Waals surface area contributed by atoms with Crippen molar-refractivity contribution in [2.75, 3.05) is 11.1 Å². The van der Waals surface area contributed by atoms with Gasteiger partial charge in [-0.15, -0.1) is 11.8 Å². The van der Waals surface area contributed by atoms with E-state index in [2.05, 4.69) is 15.5 Å². The Morgan fingerprint density at radius 1 is 1.35 bits per heavy atom. The molecule has 0 saturated heterocycles. The van der Waals surface area contributed by atoms with Gasteiger partial charge in [0.25, 0.3) is 5.89 Å². The number of anilines is 1. The molecule has 1 aliphatic rings. The summed E-state index contributed by atoms with van der Waals surface area (Å²) in [5.41, 5.74) is 1.84. The molecule has 2 aromatic heterocycles. The van der Waals surface area contributed by atoms with Crippen molar-refractivity contribution in [3.63, 3.8) is 0 Å². The quantitative estimate of drug-likeness (QED) is 0.684. The second kappa shape index (κ2) is 7.30. The van der Waals surface area contributed by atoms with Crippen LogP contribution in [-0.2, 0) is 16.1 Å². The van der Waals surface area contributed by atoms with Gasteiger partial charge >= 0.3 is 5.97 Å². The molecular formula is C17H13N3O4S2. The van der Waals surface area contributed by atoms with Crippen LogP contribution in [-0.4, -0.2) is 27.8 Å². The highest BCUT2D eigenvalue weighted by Gasteiger charge is 2.17. The Morgan fingerprint density at radius 2 is 2.27 bits per heavy atom. The number of benzene rings is 1. The summed E-state index contributed by atoms with van der Waals surface area (Å²) in [6.45, 7) is -0.117. The maximum Gasteiger partial charge on any atom is 0.338 e. The minimum absolute atomic E-state index is 0.0615. The van der Waals surface area contributed by atoms with E-state index in [4.69, 9.17) is 9.26 Å². The van der Waals surface area contributed by atoms with Crippen LogP contribution in [0, 0.1) is 0 Å². The second-order valence-corrected chi connectivity index (χ2v) is 7.37. The molecule has 0 bridgehead atoms. The number of carbonyl (C=O) groups is 2. The third-order valence-corrected chi connectivity index (χ3v) is 5.41. The van der Waals surface area contributed by atoms with Gasteiger partial charge in [0.15, 0.2) is 6.61 Å². The van der Waals surface area contributed by atoms with Crippen molar-refractivity contribution in [1.82, 2.24) is 10.1 Å². The summed E-state index contributed by atoms with van der Waals surface area (Å²) in [6.07, 6.45) is 0.447. The molecule has 4 rings (SSSR count). The smallest absolute Gasteiger partial charge is 0.338 e. The number of hydrogen-bond donors (Lipinski definition) is 1. The Balaban J connectivity index is 1.43. The number of thioether (sulfide) groups is 1. The lowest BCUT2D eigenvalue weighted by Crippen LogP contribution is -2.11. The zero-order valence-electron chi connectivity index (χ0n) is 13.4. The van der Waals surface area contributed by atoms with E-state index in [1.165, 1.54) is 11.3 Å². The number of rotatable bonds is 4. The summed E-state index contributed by atoms with van der Waals surface area (Å²) >= 11 is 3.11. The predicted molar refractivity (Wildman–Crippen MR) is 97.1 cm³/mol. The molecule has 0 aliphatic carbocycles. The van der Waals surface area contributed by atoms with Gasteiger partial charge in [-0.05, 0) is 29.6 Å². The number of hydrogen-bond acceptors (Lipinski definition) is 8. The highest BCUT2D eigenvalue weighted by Crippen LogP contribution is 2.31. The molecule has 3 aromatic rings. The molecule has 0 saturated carbocycles. The number of amides is 1. The van der Waals surface area contributed by atoms with Crippen molar-refractivity contribution in [1.29, 1.82) is 0 Å². The third-order valence-electron chi connectivity index (χ3n) is 3.65. The zero-order chi connectivity index (χ0) is 17.9. The molecule has 0 radical (unpaired) electrons. The average Bonchev–Trinajstić information content (AvgIpc) is 3.28. The maximum absolute atomic E-state index is 12.3. The fourth-order valence-corrected chi connectivity index (χ4v) is 3.95. The van der Waals surface area contributed by atoms with Crippen LogP contribution in [0.4, 0.5) is 5.69 Å². The van der Waals surface area contributed by atoms with E-state index in [0.717, 1.165) is 10.5 Å². The molecule has 1 aliphatic heterocycles. The summed E-state index contributed by atoms with van der Waals surface area (Å²) in [6, 6.07) is 6.99. The molecular weight excluding hydrogens is 374 g/mol. The van der Waals surface area contributed by atoms with Crippen molar-refractivity contribution < 1.29 is 18.8 Å². The first-order valence-corrected chi connectivity index (χ1v) is 9.71. The van der Waals surface area contributed by atoms with Gasteiger partial charge in [-0.3, -0.25) is 4.79 Å². The molecule has 7 nitrogen and oxygen atoms in total. The first-order chi connectivity index (χ1) is 12.7. The van der Waals surface area contributed by atoms with Gasteiger partial charge in [0.05, 0.1) is 11.3 Å². The van der Waals surface area contributed by atoms with Gasteiger partial charge in [-0.1, -0.05) is 5.16 Å². The highest BCUT2D eigenvalue weighted by atomic mass is 32.2. The van der Waals surface area contributed by atoms with E-state index in [-0.39, 0.29) is 18.4 Å². The van der Waals surface area contributed by atoms with Gasteiger partial charge in [0, 0.05) is 28.0 Å². The molecule has 132 valence electrons. The number of nitrogens with one attached hydrogen (secondary N) is 1. The van der Waals surface area contributed by atoms with E-state index in [9.17, 15) is 9.59 Å². The van der Waals surface area contributed by atoms with E-state index < -0.39 is 5.97 Å². The molecule has 1 aromatic carbocycles. The molecule has 26 heavy (non-hydrogen) atoms. The summed E-state index contributed by atoms with van der Waals surface area (Å²) < 4.78 is 10.3. The average molecular weight is 387 g/mol. The third kappa shape index (κ3) is 3.63. The van der Waals surface area contributed by atoms with Crippen molar-refractivity contribution in [2.24, 2.45) is 0 Å². The topological polar surface area (TPSA) is 94.3 Å². The number of ether oxygens (including phenoxy) is 1. The van der Waals surface area contributed by atoms with Crippen LogP contribution < -0.4 is 5.32 Å². The minimum Gasteiger partial charge on any atom is -0.452 e. The van der Waals surface area contributed by atoms with E-state index in [0.29, 0.717) is 29.2 Å². The van der Waals surface area contributed by atoms with Crippen molar-refractivity contribution in [3.8, 4) is 11.4 Å². The van der Waals surface area contributed by atoms with Crippen molar-refractivity contribution in [3.05, 3.63) is 46.5 Å². The van der Waals surface area contributed by atoms with E-state index >= 15 is 0 Å². The zero-order valence-corrected chi connectivity index (χ0v) is 15.1. The summed E-state index contributed by atoms with van der Waals surface area (Å²) in [7, 11) is 0. The van der Waals surface area contributed by atoms with Crippen LogP contribution in [0.5, 0.6) is 0 Å². The number of carbonyl (C=O) groups excluding carboxylic acids is 2. The monoisotopic (exact) mass is 387 g/mol. The van der Waals surface area contributed by atoms with Crippen LogP contribution in [0.25, 0.3) is 11.4 Å². The molecule has 3 heterocycles. The normalized spacial score (nSPS) is 13.6. The van der Waals surface area contributed by atoms with Crippen molar-refractivity contribution >= 4 is 40.7 Å². The molecule has 0 unspecified atom stereocenters. The lowest BCUT2D eigenvalue weighted by Gasteiger charge is -2.08. The van der Waals surface area contributed by atoms with Crippen LogP contribution in [0.15, 0.2) is 44.4 Å². The highest BCUT2D eigenvalue weighted by molar-refractivity contribution is 7.99. The molecule has 1 amide bonds. The number of nitrogens with zero attached hydrogens (tertiary/aromatic N) is 2. The van der Waals surface area contributed by atoms with Gasteiger partial charge in [0.2, 0.25) is 11.7 Å². The number of thiophene rings is 1. The molecule has 0 atom stereocenters. The molecule has 0 spiro atoms. The van der Waals surface area contributed by atoms with Gasteiger partial charge in [0.1, 0.15) is 0 Å². The summed E-state index contributed by atoms with van der Waals surface area (Å²) in [5, 5.41) is 10.5. The predicted octanol–water partition coefficient (Wildman–Crippen LogP) is 3.59. The number of aromatic nitrogens is 2. The lowest BCUT2D eigenvalue weighted by atomic mass is 10.2. The van der Waals surface area contributed by atoms with Crippen LogP contribution >= 0.6 is 23.1 Å². The second-order valence-electron chi connectivity index (χ2n) is 5.46. The van der Waals surface area contributed by atoms with Gasteiger partial charge in [-0.2, -0.15) is 16.3 Å². The molecule has 1 N–H and O–H groups in total. The minimum atomic E-state index is -0.522. The van der Waals surface area contributed by atoms with Crippen molar-refractivity contribution in [2.45, 2.75) is 17.9 Å². The Bertz CT molecular complexity index is 953. The molecule has 0 fully saturated rings. The Labute approximate surface area is 156 Å². The maximum atomic E-state index is 12.3. The number of fused-ring (bicyclic) bond motifs is 1. The Kier molecular flexibility index (Phi) is 4.72. The van der Waals surface area contributed by atoms with Crippen LogP contribution in [0.1, 0.15) is 22.7 Å². The van der Waals surface area contributed by atoms with Gasteiger partial charge < -0.3 is 14.6 Å². The van der Waals surface area contributed by atoms with Gasteiger partial charge in [-0.25, -0.2) is 4.79 Å². The van der Waals surface area contributed by atoms with E-state index in [1.54, 1.807) is 23.9 Å². The summed E-state index contributed by atoms with van der Waals surface area (Å²) in [5.74, 6) is 0.812. The Morgan fingerprint density at radius 3 is 3.12 bits per heavy atom. The van der Waals surface area contributed by atoms with E-state index in [1.807, 2.05) is 22.9 Å². The Hall–Kier alpha value is -2.65. The van der Waals surface area contributed by atoms with Crippen LogP contribution in [0.3, 0.4) is 0 Å². The fourth-order valence-electron chi connectivity index (χ4n) is 2.38. The number of esters is 1. The standard InChI is InChI=1S/C17H13N3O4S2/c21-14-4-6-26-13-2-1-10(7-12(13)18-14)17(22)23-8-15-19-16(20-24-15)11-3-5-25-9-11/h1-3,5,7,9H,4,6,8H2,(H,18,21). The summed E-state index contributed by atoms with van der Waals surface area (Å²) in [4.78, 5) is 29.1. The fraction of sp³-hybridized carbons (Fsp3) is 0.176. The lowest BCUT2D eigenvalue weighted by molar-refractivity contribution is -0.115. The molecule has 9 heteroatoms. The first kappa shape index (κ1) is 16.8. The largest absolute Gasteiger partial charge is 0.452 e. The van der Waals surface area contributed by atoms with Crippen LogP contribution in [0.2, 0.25) is 0 Å². The SMILES string of the molecule is O=C1CCSc2ccc(C(=O)OCc3nc(-c4ccsc4)no3)cc2N1. The first-order valence-electron chi connectivity index (χ1n) is 7.78.